The van der Waals surface area contributed by atoms with Gasteiger partial charge in [0.1, 0.15) is 0 Å². The fourth-order valence-corrected chi connectivity index (χ4v) is 0.955. The minimum Gasteiger partial charge on any atom is -0.276 e. The van der Waals surface area contributed by atoms with Crippen LogP contribution in [0.4, 0.5) is 0 Å². The van der Waals surface area contributed by atoms with E-state index in [4.69, 9.17) is 11.6 Å². The van der Waals surface area contributed by atoms with E-state index in [-0.39, 0.29) is 0 Å². The van der Waals surface area contributed by atoms with Gasteiger partial charge in [0.2, 0.25) is 0 Å². The van der Waals surface area contributed by atoms with Gasteiger partial charge < -0.3 is 0 Å². The second-order valence-corrected chi connectivity index (χ2v) is 2.57. The summed E-state index contributed by atoms with van der Waals surface area (Å²) < 4.78 is 0. The van der Waals surface area contributed by atoms with Crippen LogP contribution in [0, 0.1) is 11.8 Å². The van der Waals surface area contributed by atoms with Crippen LogP contribution in [0.15, 0.2) is 24.3 Å². The molecule has 0 aliphatic rings. The average Bonchev–Trinajstić information content (AvgIpc) is 2.06. The Balaban J connectivity index is 2.98. The fraction of sp³-hybridized carbons (Fsp3) is 0.100. The largest absolute Gasteiger partial charge is 0.276 e. The van der Waals surface area contributed by atoms with E-state index < -0.39 is 5.24 Å². The van der Waals surface area contributed by atoms with Crippen molar-refractivity contribution < 1.29 is 4.79 Å². The molecule has 0 saturated carbocycles. The molecule has 0 fully saturated rings. The molecule has 0 amide bonds. The van der Waals surface area contributed by atoms with Gasteiger partial charge in [-0.3, -0.25) is 4.79 Å². The van der Waals surface area contributed by atoms with Crippen molar-refractivity contribution in [1.29, 1.82) is 0 Å². The molecular weight excluding hydrogens is 172 g/mol. The van der Waals surface area contributed by atoms with Crippen molar-refractivity contribution in [2.75, 3.05) is 0 Å². The van der Waals surface area contributed by atoms with Crippen LogP contribution < -0.4 is 0 Å². The summed E-state index contributed by atoms with van der Waals surface area (Å²) in [6.45, 7) is 1.76. The number of rotatable bonds is 1. The fourth-order valence-electron chi connectivity index (χ4n) is 0.829. The molecule has 0 heterocycles. The van der Waals surface area contributed by atoms with Gasteiger partial charge in [0.05, 0.1) is 0 Å². The Labute approximate surface area is 76.4 Å². The molecular formula is C10H7ClO. The van der Waals surface area contributed by atoms with Crippen molar-refractivity contribution in [1.82, 2.24) is 0 Å². The number of carbonyl (C=O) groups is 1. The number of benzene rings is 1. The van der Waals surface area contributed by atoms with Crippen LogP contribution in [0.1, 0.15) is 22.8 Å². The molecule has 1 rings (SSSR count). The van der Waals surface area contributed by atoms with Crippen LogP contribution in [0.25, 0.3) is 0 Å². The molecule has 0 unspecified atom stereocenters. The summed E-state index contributed by atoms with van der Waals surface area (Å²) in [5, 5.41) is -0.439. The normalized spacial score (nSPS) is 8.50. The van der Waals surface area contributed by atoms with Gasteiger partial charge in [-0.15, -0.1) is 5.92 Å². The van der Waals surface area contributed by atoms with Gasteiger partial charge in [0.15, 0.2) is 0 Å². The van der Waals surface area contributed by atoms with Crippen molar-refractivity contribution in [3.8, 4) is 11.8 Å². The second-order valence-electron chi connectivity index (χ2n) is 2.23. The van der Waals surface area contributed by atoms with Gasteiger partial charge in [-0.1, -0.05) is 5.92 Å². The van der Waals surface area contributed by atoms with E-state index in [1.165, 1.54) is 0 Å². The Morgan fingerprint density at radius 2 is 1.92 bits per heavy atom. The van der Waals surface area contributed by atoms with Crippen LogP contribution in [-0.2, 0) is 0 Å². The van der Waals surface area contributed by atoms with E-state index in [2.05, 4.69) is 11.8 Å². The van der Waals surface area contributed by atoms with E-state index in [0.717, 1.165) is 5.56 Å². The summed E-state index contributed by atoms with van der Waals surface area (Å²) in [5.74, 6) is 5.63. The van der Waals surface area contributed by atoms with Crippen molar-refractivity contribution >= 4 is 16.8 Å². The molecule has 0 bridgehead atoms. The molecule has 0 saturated heterocycles. The average molecular weight is 179 g/mol. The molecule has 1 aromatic rings. The van der Waals surface area contributed by atoms with Gasteiger partial charge >= 0.3 is 0 Å². The summed E-state index contributed by atoms with van der Waals surface area (Å²) in [6, 6.07) is 6.86. The van der Waals surface area contributed by atoms with E-state index >= 15 is 0 Å². The highest BCUT2D eigenvalue weighted by Gasteiger charge is 1.98. The molecule has 0 aliphatic carbocycles. The van der Waals surface area contributed by atoms with Gasteiger partial charge in [-0.25, -0.2) is 0 Å². The van der Waals surface area contributed by atoms with Crippen molar-refractivity contribution in [2.24, 2.45) is 0 Å². The molecule has 0 aliphatic heterocycles. The molecule has 0 aromatic heterocycles. The standard InChI is InChI=1S/C10H7ClO/c1-2-3-8-4-6-9(7-5-8)10(11)12/h4-7H,1H3. The lowest BCUT2D eigenvalue weighted by Gasteiger charge is -1.92. The molecule has 0 N–H and O–H groups in total. The smallest absolute Gasteiger partial charge is 0.252 e. The predicted molar refractivity (Wildman–Crippen MR) is 49.2 cm³/mol. The lowest BCUT2D eigenvalue weighted by atomic mass is 10.1. The molecule has 0 atom stereocenters. The third-order valence-corrected chi connectivity index (χ3v) is 1.60. The number of hydrogen-bond donors (Lipinski definition) is 0. The number of carbonyl (C=O) groups excluding carboxylic acids is 1. The van der Waals surface area contributed by atoms with Crippen molar-refractivity contribution in [3.63, 3.8) is 0 Å². The third-order valence-electron chi connectivity index (χ3n) is 1.38. The maximum Gasteiger partial charge on any atom is 0.252 e. The lowest BCUT2D eigenvalue weighted by molar-refractivity contribution is 0.108. The Morgan fingerprint density at radius 3 is 2.33 bits per heavy atom. The van der Waals surface area contributed by atoms with Crippen LogP contribution in [-0.4, -0.2) is 5.24 Å². The maximum absolute atomic E-state index is 10.6. The highest BCUT2D eigenvalue weighted by Crippen LogP contribution is 2.05. The highest BCUT2D eigenvalue weighted by atomic mass is 35.5. The van der Waals surface area contributed by atoms with Gasteiger partial charge in [-0.05, 0) is 42.8 Å². The first-order valence-electron chi connectivity index (χ1n) is 3.46. The second kappa shape index (κ2) is 3.94. The topological polar surface area (TPSA) is 17.1 Å². The zero-order valence-corrected chi connectivity index (χ0v) is 7.35. The molecule has 0 radical (unpaired) electrons. The molecule has 12 heavy (non-hydrogen) atoms. The molecule has 1 nitrogen and oxygen atoms in total. The molecule has 60 valence electrons. The first-order chi connectivity index (χ1) is 5.74. The summed E-state index contributed by atoms with van der Waals surface area (Å²) in [7, 11) is 0. The quantitative estimate of drug-likeness (QED) is 0.477. The van der Waals surface area contributed by atoms with E-state index in [1.54, 1.807) is 31.2 Å². The summed E-state index contributed by atoms with van der Waals surface area (Å²) in [4.78, 5) is 10.6. The molecule has 2 heteroatoms. The maximum atomic E-state index is 10.6. The Morgan fingerprint density at radius 1 is 1.33 bits per heavy atom. The van der Waals surface area contributed by atoms with Crippen molar-refractivity contribution in [3.05, 3.63) is 35.4 Å². The first kappa shape index (κ1) is 8.83. The van der Waals surface area contributed by atoms with Gasteiger partial charge in [0, 0.05) is 11.1 Å². The van der Waals surface area contributed by atoms with Gasteiger partial charge in [0.25, 0.3) is 5.24 Å². The predicted octanol–water partition coefficient (Wildman–Crippen LogP) is 2.44. The minimum atomic E-state index is -0.439. The lowest BCUT2D eigenvalue weighted by Crippen LogP contribution is -1.87. The minimum absolute atomic E-state index is 0.439. The zero-order valence-electron chi connectivity index (χ0n) is 6.60. The first-order valence-corrected chi connectivity index (χ1v) is 3.84. The SMILES string of the molecule is CC#Cc1ccc(C(=O)Cl)cc1. The summed E-state index contributed by atoms with van der Waals surface area (Å²) in [5.41, 5.74) is 1.39. The summed E-state index contributed by atoms with van der Waals surface area (Å²) >= 11 is 5.26. The van der Waals surface area contributed by atoms with Crippen molar-refractivity contribution in [2.45, 2.75) is 6.92 Å². The van der Waals surface area contributed by atoms with Crippen LogP contribution in [0.2, 0.25) is 0 Å². The third kappa shape index (κ3) is 2.11. The Hall–Kier alpha value is -1.26. The zero-order chi connectivity index (χ0) is 8.97. The van der Waals surface area contributed by atoms with E-state index in [9.17, 15) is 4.79 Å². The van der Waals surface area contributed by atoms with Gasteiger partial charge in [-0.2, -0.15) is 0 Å². The van der Waals surface area contributed by atoms with E-state index in [1.807, 2.05) is 0 Å². The Bertz CT molecular complexity index is 340. The van der Waals surface area contributed by atoms with E-state index in [0.29, 0.717) is 5.56 Å². The Kier molecular flexibility index (Phi) is 2.90. The molecule has 1 aromatic carbocycles. The van der Waals surface area contributed by atoms with Crippen LogP contribution in [0.5, 0.6) is 0 Å². The summed E-state index contributed by atoms with van der Waals surface area (Å²) in [6.07, 6.45) is 0. The number of hydrogen-bond acceptors (Lipinski definition) is 1. The monoisotopic (exact) mass is 178 g/mol. The van der Waals surface area contributed by atoms with Crippen LogP contribution in [0.3, 0.4) is 0 Å². The highest BCUT2D eigenvalue weighted by molar-refractivity contribution is 6.67. The number of halogens is 1. The molecule has 0 spiro atoms. The van der Waals surface area contributed by atoms with Crippen LogP contribution >= 0.6 is 11.6 Å².